The molecule has 0 aliphatic heterocycles. The normalized spacial score (nSPS) is 13.2. The van der Waals surface area contributed by atoms with Crippen molar-refractivity contribution in [2.45, 2.75) is 12.8 Å². The number of amides is 1. The van der Waals surface area contributed by atoms with Crippen LogP contribution in [0.3, 0.4) is 0 Å². The number of allylic oxidation sites excluding steroid dienone is 1. The van der Waals surface area contributed by atoms with E-state index in [0.717, 1.165) is 33.7 Å². The lowest BCUT2D eigenvalue weighted by atomic mass is 10.0. The molecule has 5 nitrogen and oxygen atoms in total. The van der Waals surface area contributed by atoms with Gasteiger partial charge in [0, 0.05) is 31.4 Å². The second-order valence-corrected chi connectivity index (χ2v) is 6.19. The van der Waals surface area contributed by atoms with Crippen molar-refractivity contribution in [2.24, 2.45) is 0 Å². The summed E-state index contributed by atoms with van der Waals surface area (Å²) in [4.78, 5) is 22.1. The first-order valence-electron chi connectivity index (χ1n) is 8.20. The van der Waals surface area contributed by atoms with Gasteiger partial charge in [0.1, 0.15) is 11.3 Å². The molecule has 0 aromatic carbocycles. The molecular weight excluding hydrogens is 338 g/mol. The summed E-state index contributed by atoms with van der Waals surface area (Å²) >= 11 is 0. The van der Waals surface area contributed by atoms with Gasteiger partial charge in [-0.2, -0.15) is 0 Å². The highest BCUT2D eigenvalue weighted by molar-refractivity contribution is 5.93. The molecule has 1 amide bonds. The molecule has 3 aromatic heterocycles. The molecule has 0 bridgehead atoms. The average molecular weight is 354 g/mol. The van der Waals surface area contributed by atoms with Crippen molar-refractivity contribution in [1.29, 1.82) is 0 Å². The van der Waals surface area contributed by atoms with E-state index >= 15 is 0 Å². The lowest BCUT2D eigenvalue weighted by Gasteiger charge is -2.16. The van der Waals surface area contributed by atoms with E-state index in [2.05, 4.69) is 16.0 Å². The fourth-order valence-corrected chi connectivity index (χ4v) is 3.21. The zero-order chi connectivity index (χ0) is 18.3. The van der Waals surface area contributed by atoms with E-state index in [1.54, 1.807) is 10.6 Å². The van der Waals surface area contributed by atoms with Gasteiger partial charge in [-0.05, 0) is 29.3 Å². The van der Waals surface area contributed by atoms with Gasteiger partial charge in [-0.25, -0.2) is 13.8 Å². The van der Waals surface area contributed by atoms with Gasteiger partial charge >= 0.3 is 0 Å². The summed E-state index contributed by atoms with van der Waals surface area (Å²) in [7, 11) is 1.36. The minimum Gasteiger partial charge on any atom is -0.335 e. The van der Waals surface area contributed by atoms with E-state index < -0.39 is 18.9 Å². The third kappa shape index (κ3) is 2.75. The van der Waals surface area contributed by atoms with Crippen LogP contribution in [-0.4, -0.2) is 45.2 Å². The zero-order valence-electron chi connectivity index (χ0n) is 14.1. The molecule has 0 radical (unpaired) electrons. The Bertz CT molecular complexity index is 1030. The van der Waals surface area contributed by atoms with E-state index in [4.69, 9.17) is 0 Å². The lowest BCUT2D eigenvalue weighted by Crippen LogP contribution is -2.32. The van der Waals surface area contributed by atoms with Gasteiger partial charge in [0.2, 0.25) is 0 Å². The molecule has 26 heavy (non-hydrogen) atoms. The van der Waals surface area contributed by atoms with Crippen LogP contribution in [0.25, 0.3) is 11.2 Å². The fraction of sp³-hybridized carbons (Fsp3) is 0.211. The molecular formula is C19H16F2N4O. The van der Waals surface area contributed by atoms with Crippen molar-refractivity contribution >= 4 is 17.1 Å². The summed E-state index contributed by atoms with van der Waals surface area (Å²) in [6.45, 7) is -0.615. The molecule has 7 heteroatoms. The number of fused-ring (bicyclic) bond motifs is 2. The predicted molar refractivity (Wildman–Crippen MR) is 93.2 cm³/mol. The van der Waals surface area contributed by atoms with Gasteiger partial charge in [-0.1, -0.05) is 12.1 Å². The smallest absolute Gasteiger partial charge is 0.272 e. The summed E-state index contributed by atoms with van der Waals surface area (Å²) in [5.41, 5.74) is 4.90. The maximum Gasteiger partial charge on any atom is 0.272 e. The van der Waals surface area contributed by atoms with Crippen molar-refractivity contribution in [2.75, 3.05) is 13.6 Å². The predicted octanol–water partition coefficient (Wildman–Crippen LogP) is 3.05. The molecule has 0 atom stereocenters. The maximum absolute atomic E-state index is 12.6. The number of imidazole rings is 1. The van der Waals surface area contributed by atoms with Crippen LogP contribution in [0.2, 0.25) is 0 Å². The Morgan fingerprint density at radius 3 is 2.96 bits per heavy atom. The van der Waals surface area contributed by atoms with Gasteiger partial charge in [-0.15, -0.1) is 0 Å². The zero-order valence-corrected chi connectivity index (χ0v) is 14.1. The van der Waals surface area contributed by atoms with Crippen LogP contribution in [0.15, 0.2) is 48.9 Å². The minimum absolute atomic E-state index is 0.259. The van der Waals surface area contributed by atoms with Crippen LogP contribution in [-0.2, 0) is 6.42 Å². The number of alkyl halides is 2. The lowest BCUT2D eigenvalue weighted by molar-refractivity contribution is 0.0614. The number of hydrogen-bond acceptors (Lipinski definition) is 3. The van der Waals surface area contributed by atoms with Gasteiger partial charge in [0.25, 0.3) is 12.3 Å². The Balaban J connectivity index is 1.73. The van der Waals surface area contributed by atoms with Crippen molar-refractivity contribution in [3.8, 4) is 0 Å². The molecule has 0 unspecified atom stereocenters. The van der Waals surface area contributed by atoms with E-state index in [9.17, 15) is 13.6 Å². The first-order valence-corrected chi connectivity index (χ1v) is 8.20. The third-order valence-electron chi connectivity index (χ3n) is 4.47. The number of aromatic nitrogens is 3. The standard InChI is InChI=1S/C19H16F2N4O/c1-24(11-17(20)21)19(26)16-9-23-18-7-4-12(10-25(16)18)13-5-6-15-14(13)3-2-8-22-15/h2-5,7-10,17H,6,11H2,1H3. The van der Waals surface area contributed by atoms with Crippen molar-refractivity contribution in [3.63, 3.8) is 0 Å². The Hall–Kier alpha value is -3.09. The fourth-order valence-electron chi connectivity index (χ4n) is 3.21. The number of carbonyl (C=O) groups is 1. The quantitative estimate of drug-likeness (QED) is 0.724. The number of rotatable bonds is 4. The Morgan fingerprint density at radius 1 is 1.31 bits per heavy atom. The highest BCUT2D eigenvalue weighted by Crippen LogP contribution is 2.31. The largest absolute Gasteiger partial charge is 0.335 e. The van der Waals surface area contributed by atoms with Crippen LogP contribution in [0.4, 0.5) is 8.78 Å². The first-order chi connectivity index (χ1) is 12.5. The van der Waals surface area contributed by atoms with Gasteiger partial charge in [0.15, 0.2) is 0 Å². The Kier molecular flexibility index (Phi) is 3.99. The van der Waals surface area contributed by atoms with Gasteiger partial charge in [-0.3, -0.25) is 14.2 Å². The highest BCUT2D eigenvalue weighted by Gasteiger charge is 2.21. The number of pyridine rings is 2. The molecule has 4 rings (SSSR count). The van der Waals surface area contributed by atoms with Crippen LogP contribution in [0, 0.1) is 0 Å². The van der Waals surface area contributed by atoms with Crippen LogP contribution in [0.5, 0.6) is 0 Å². The van der Waals surface area contributed by atoms with E-state index in [1.807, 2.05) is 30.5 Å². The molecule has 0 N–H and O–H groups in total. The SMILES string of the molecule is CN(CC(F)F)C(=O)c1cnc2ccc(C3=CCc4ncccc43)cn12. The van der Waals surface area contributed by atoms with Crippen LogP contribution in [0.1, 0.15) is 27.3 Å². The molecule has 3 heterocycles. The highest BCUT2D eigenvalue weighted by atomic mass is 19.3. The van der Waals surface area contributed by atoms with Crippen molar-refractivity contribution in [3.05, 3.63) is 71.4 Å². The second-order valence-electron chi connectivity index (χ2n) is 6.19. The molecule has 0 saturated heterocycles. The summed E-state index contributed by atoms with van der Waals surface area (Å²) in [5.74, 6) is -0.489. The molecule has 0 fully saturated rings. The van der Waals surface area contributed by atoms with E-state index in [-0.39, 0.29) is 5.69 Å². The molecule has 1 aliphatic rings. The van der Waals surface area contributed by atoms with Gasteiger partial charge < -0.3 is 4.90 Å². The van der Waals surface area contributed by atoms with Gasteiger partial charge in [0.05, 0.1) is 18.4 Å². The molecule has 0 saturated carbocycles. The van der Waals surface area contributed by atoms with E-state index in [1.165, 1.54) is 13.2 Å². The average Bonchev–Trinajstić information content (AvgIpc) is 3.24. The molecule has 1 aliphatic carbocycles. The summed E-state index contributed by atoms with van der Waals surface area (Å²) < 4.78 is 26.8. The first kappa shape index (κ1) is 16.4. The number of carbonyl (C=O) groups excluding carboxylic acids is 1. The van der Waals surface area contributed by atoms with Crippen LogP contribution >= 0.6 is 0 Å². The minimum atomic E-state index is -2.58. The summed E-state index contributed by atoms with van der Waals surface area (Å²) in [6, 6.07) is 7.66. The Morgan fingerprint density at radius 2 is 2.15 bits per heavy atom. The summed E-state index contributed by atoms with van der Waals surface area (Å²) in [6.07, 6.45) is 5.29. The maximum atomic E-state index is 12.6. The van der Waals surface area contributed by atoms with E-state index in [0.29, 0.717) is 5.65 Å². The topological polar surface area (TPSA) is 50.5 Å². The molecule has 0 spiro atoms. The molecule has 3 aromatic rings. The third-order valence-corrected chi connectivity index (χ3v) is 4.47. The van der Waals surface area contributed by atoms with Crippen molar-refractivity contribution < 1.29 is 13.6 Å². The number of nitrogens with zero attached hydrogens (tertiary/aromatic N) is 4. The monoisotopic (exact) mass is 354 g/mol. The second kappa shape index (κ2) is 6.33. The molecule has 132 valence electrons. The number of hydrogen-bond donors (Lipinski definition) is 0. The van der Waals surface area contributed by atoms with Crippen molar-refractivity contribution in [1.82, 2.24) is 19.3 Å². The Labute approximate surface area is 148 Å². The van der Waals surface area contributed by atoms with Crippen LogP contribution < -0.4 is 0 Å². The summed E-state index contributed by atoms with van der Waals surface area (Å²) in [5, 5.41) is 0. The number of halogens is 2.